The summed E-state index contributed by atoms with van der Waals surface area (Å²) >= 11 is 0. The van der Waals surface area contributed by atoms with Crippen LogP contribution in [0.3, 0.4) is 0 Å². The highest BCUT2D eigenvalue weighted by Gasteiger charge is 2.27. The number of hydrogen-bond donors (Lipinski definition) is 2. The Labute approximate surface area is 156 Å². The summed E-state index contributed by atoms with van der Waals surface area (Å²) in [4.78, 5) is 19.2. The number of morpholine rings is 1. The molecule has 0 aromatic carbocycles. The molecule has 7 heteroatoms. The molecule has 2 fully saturated rings. The molecular weight excluding hydrogens is 340 g/mol. The third kappa shape index (κ3) is 5.56. The zero-order valence-corrected chi connectivity index (χ0v) is 15.7. The standard InChI is InChI=1S/C18H28N4O2.ClH/c1-14-17(20-8-11-24-14)18(23)21-13-15-6-7-19-16(12-15)22-9-4-2-3-5-10-22;/h6-7,12,14,17,20H,2-5,8-11,13H2,1H3,(H,21,23);1H/t14-,17+;/m1./s1. The number of halogens is 1. The first kappa shape index (κ1) is 19.9. The molecule has 0 spiro atoms. The van der Waals surface area contributed by atoms with Gasteiger partial charge in [0.2, 0.25) is 5.91 Å². The predicted octanol–water partition coefficient (Wildman–Crippen LogP) is 1.88. The maximum atomic E-state index is 12.3. The van der Waals surface area contributed by atoms with Gasteiger partial charge in [-0.15, -0.1) is 12.4 Å². The van der Waals surface area contributed by atoms with Crippen molar-refractivity contribution in [3.05, 3.63) is 23.9 Å². The second kappa shape index (κ2) is 9.94. The summed E-state index contributed by atoms with van der Waals surface area (Å²) in [5.41, 5.74) is 1.09. The zero-order chi connectivity index (χ0) is 16.8. The number of carbonyl (C=O) groups excluding carboxylic acids is 1. The van der Waals surface area contributed by atoms with Crippen LogP contribution in [-0.4, -0.2) is 49.3 Å². The fourth-order valence-electron chi connectivity index (χ4n) is 3.37. The molecule has 0 radical (unpaired) electrons. The topological polar surface area (TPSA) is 66.5 Å². The van der Waals surface area contributed by atoms with Gasteiger partial charge in [0.1, 0.15) is 11.9 Å². The van der Waals surface area contributed by atoms with Crippen molar-refractivity contribution < 1.29 is 9.53 Å². The predicted molar refractivity (Wildman–Crippen MR) is 101 cm³/mol. The van der Waals surface area contributed by atoms with E-state index in [9.17, 15) is 4.79 Å². The maximum absolute atomic E-state index is 12.3. The summed E-state index contributed by atoms with van der Waals surface area (Å²) in [6, 6.07) is 3.79. The van der Waals surface area contributed by atoms with E-state index < -0.39 is 0 Å². The Hall–Kier alpha value is -1.37. The van der Waals surface area contributed by atoms with Crippen LogP contribution in [-0.2, 0) is 16.1 Å². The third-order valence-electron chi connectivity index (χ3n) is 4.81. The maximum Gasteiger partial charge on any atom is 0.240 e. The van der Waals surface area contributed by atoms with Crippen molar-refractivity contribution >= 4 is 24.1 Å². The van der Waals surface area contributed by atoms with E-state index in [-0.39, 0.29) is 30.5 Å². The second-order valence-corrected chi connectivity index (χ2v) is 6.65. The van der Waals surface area contributed by atoms with Crippen molar-refractivity contribution in [2.75, 3.05) is 31.1 Å². The highest BCUT2D eigenvalue weighted by molar-refractivity contribution is 5.85. The lowest BCUT2D eigenvalue weighted by atomic mass is 10.1. The van der Waals surface area contributed by atoms with Crippen molar-refractivity contribution in [3.8, 4) is 0 Å². The molecule has 3 rings (SSSR count). The van der Waals surface area contributed by atoms with Crippen LogP contribution in [0.25, 0.3) is 0 Å². The van der Waals surface area contributed by atoms with E-state index in [1.807, 2.05) is 19.2 Å². The molecule has 140 valence electrons. The highest BCUT2D eigenvalue weighted by atomic mass is 35.5. The minimum Gasteiger partial charge on any atom is -0.375 e. The smallest absolute Gasteiger partial charge is 0.240 e. The molecule has 6 nitrogen and oxygen atoms in total. The third-order valence-corrected chi connectivity index (χ3v) is 4.81. The van der Waals surface area contributed by atoms with E-state index in [1.54, 1.807) is 0 Å². The molecule has 1 aromatic rings. The molecule has 25 heavy (non-hydrogen) atoms. The quantitative estimate of drug-likeness (QED) is 0.849. The molecule has 0 saturated carbocycles. The van der Waals surface area contributed by atoms with Gasteiger partial charge >= 0.3 is 0 Å². The van der Waals surface area contributed by atoms with Crippen LogP contribution >= 0.6 is 12.4 Å². The van der Waals surface area contributed by atoms with Gasteiger partial charge in [0.15, 0.2) is 0 Å². The van der Waals surface area contributed by atoms with Crippen LogP contribution in [0.5, 0.6) is 0 Å². The molecule has 2 aliphatic rings. The van der Waals surface area contributed by atoms with Gasteiger partial charge in [0.25, 0.3) is 0 Å². The number of pyridine rings is 1. The molecule has 2 saturated heterocycles. The Kier molecular flexibility index (Phi) is 7.93. The SMILES string of the molecule is C[C@H]1OCCN[C@@H]1C(=O)NCc1ccnc(N2CCCCCC2)c1.Cl. The zero-order valence-electron chi connectivity index (χ0n) is 14.9. The van der Waals surface area contributed by atoms with Gasteiger partial charge in [-0.05, 0) is 37.5 Å². The summed E-state index contributed by atoms with van der Waals surface area (Å²) in [6.45, 7) is 5.98. The van der Waals surface area contributed by atoms with E-state index in [0.717, 1.165) is 31.0 Å². The fourth-order valence-corrected chi connectivity index (χ4v) is 3.37. The first-order valence-corrected chi connectivity index (χ1v) is 9.06. The Bertz CT molecular complexity index is 550. The molecule has 1 amide bonds. The number of carbonyl (C=O) groups is 1. The average molecular weight is 369 g/mol. The number of ether oxygens (including phenoxy) is 1. The summed E-state index contributed by atoms with van der Waals surface area (Å²) in [5, 5.41) is 6.23. The first-order chi connectivity index (χ1) is 11.7. The van der Waals surface area contributed by atoms with E-state index in [1.165, 1.54) is 25.7 Å². The van der Waals surface area contributed by atoms with Gasteiger partial charge in [-0.1, -0.05) is 12.8 Å². The monoisotopic (exact) mass is 368 g/mol. The van der Waals surface area contributed by atoms with Gasteiger partial charge < -0.3 is 20.3 Å². The number of aromatic nitrogens is 1. The van der Waals surface area contributed by atoms with Crippen LogP contribution in [0.4, 0.5) is 5.82 Å². The van der Waals surface area contributed by atoms with Crippen LogP contribution < -0.4 is 15.5 Å². The van der Waals surface area contributed by atoms with Crippen molar-refractivity contribution in [3.63, 3.8) is 0 Å². The highest BCUT2D eigenvalue weighted by Crippen LogP contribution is 2.18. The average Bonchev–Trinajstić information content (AvgIpc) is 2.90. The second-order valence-electron chi connectivity index (χ2n) is 6.65. The number of rotatable bonds is 4. The van der Waals surface area contributed by atoms with Crippen LogP contribution in [0.2, 0.25) is 0 Å². The minimum absolute atomic E-state index is 0. The Morgan fingerprint density at radius 2 is 2.12 bits per heavy atom. The summed E-state index contributed by atoms with van der Waals surface area (Å²) in [7, 11) is 0. The van der Waals surface area contributed by atoms with Crippen LogP contribution in [0.1, 0.15) is 38.2 Å². The molecule has 3 heterocycles. The first-order valence-electron chi connectivity index (χ1n) is 9.06. The lowest BCUT2D eigenvalue weighted by Gasteiger charge is -2.29. The van der Waals surface area contributed by atoms with Gasteiger partial charge in [-0.3, -0.25) is 4.79 Å². The van der Waals surface area contributed by atoms with Crippen molar-refractivity contribution in [1.82, 2.24) is 15.6 Å². The summed E-state index contributed by atoms with van der Waals surface area (Å²) in [6.07, 6.45) is 6.82. The van der Waals surface area contributed by atoms with Crippen LogP contribution in [0.15, 0.2) is 18.3 Å². The van der Waals surface area contributed by atoms with E-state index in [2.05, 4.69) is 26.6 Å². The molecule has 2 atom stereocenters. The van der Waals surface area contributed by atoms with Crippen molar-refractivity contribution in [2.45, 2.75) is 51.3 Å². The molecule has 1 aromatic heterocycles. The molecule has 0 unspecified atom stereocenters. The molecule has 2 N–H and O–H groups in total. The molecular formula is C18H29ClN4O2. The number of nitrogens with zero attached hydrogens (tertiary/aromatic N) is 2. The van der Waals surface area contributed by atoms with Gasteiger partial charge in [0, 0.05) is 32.4 Å². The Morgan fingerprint density at radius 3 is 2.84 bits per heavy atom. The van der Waals surface area contributed by atoms with Gasteiger partial charge in [-0.2, -0.15) is 0 Å². The number of anilines is 1. The van der Waals surface area contributed by atoms with E-state index in [0.29, 0.717) is 13.2 Å². The largest absolute Gasteiger partial charge is 0.375 e. The molecule has 2 aliphatic heterocycles. The van der Waals surface area contributed by atoms with E-state index in [4.69, 9.17) is 4.74 Å². The number of nitrogens with one attached hydrogen (secondary N) is 2. The molecule has 0 aliphatic carbocycles. The lowest BCUT2D eigenvalue weighted by Crippen LogP contribution is -2.55. The normalized spacial score (nSPS) is 24.1. The van der Waals surface area contributed by atoms with Crippen molar-refractivity contribution in [2.24, 2.45) is 0 Å². The molecule has 0 bridgehead atoms. The fraction of sp³-hybridized carbons (Fsp3) is 0.667. The van der Waals surface area contributed by atoms with Crippen molar-refractivity contribution in [1.29, 1.82) is 0 Å². The Morgan fingerprint density at radius 1 is 1.36 bits per heavy atom. The summed E-state index contributed by atoms with van der Waals surface area (Å²) < 4.78 is 5.53. The van der Waals surface area contributed by atoms with Crippen LogP contribution in [0, 0.1) is 0 Å². The van der Waals surface area contributed by atoms with E-state index >= 15 is 0 Å². The lowest BCUT2D eigenvalue weighted by molar-refractivity contribution is -0.129. The van der Waals surface area contributed by atoms with Gasteiger partial charge in [0.05, 0.1) is 12.7 Å². The Balaban J connectivity index is 0.00000225. The number of amides is 1. The number of hydrogen-bond acceptors (Lipinski definition) is 5. The van der Waals surface area contributed by atoms with Gasteiger partial charge in [-0.25, -0.2) is 4.98 Å². The minimum atomic E-state index is -0.273. The summed E-state index contributed by atoms with van der Waals surface area (Å²) in [5.74, 6) is 1.02.